The van der Waals surface area contributed by atoms with Gasteiger partial charge in [0, 0.05) is 0 Å². The fraction of sp³-hybridized carbons (Fsp3) is 0.231. The van der Waals surface area contributed by atoms with Crippen molar-refractivity contribution in [3.63, 3.8) is 0 Å². The van der Waals surface area contributed by atoms with E-state index in [9.17, 15) is 9.59 Å². The summed E-state index contributed by atoms with van der Waals surface area (Å²) in [6.45, 7) is 3.00. The monoisotopic (exact) mass is 234 g/mol. The minimum Gasteiger partial charge on any atom is -0.481 e. The number of aliphatic carboxylic acids is 2. The van der Waals surface area contributed by atoms with Gasteiger partial charge in [-0.15, -0.1) is 0 Å². The van der Waals surface area contributed by atoms with E-state index in [0.717, 1.165) is 5.56 Å². The second-order valence-corrected chi connectivity index (χ2v) is 3.77. The maximum atomic E-state index is 11.1. The molecule has 17 heavy (non-hydrogen) atoms. The van der Waals surface area contributed by atoms with E-state index >= 15 is 0 Å². The van der Waals surface area contributed by atoms with Gasteiger partial charge in [0.1, 0.15) is 0 Å². The first-order chi connectivity index (χ1) is 7.95. The Morgan fingerprint density at radius 1 is 1.12 bits per heavy atom. The van der Waals surface area contributed by atoms with Crippen molar-refractivity contribution >= 4 is 17.5 Å². The van der Waals surface area contributed by atoms with Crippen molar-refractivity contribution in [2.45, 2.75) is 13.8 Å². The van der Waals surface area contributed by atoms with E-state index in [1.54, 1.807) is 31.2 Å². The zero-order chi connectivity index (χ0) is 13.0. The summed E-state index contributed by atoms with van der Waals surface area (Å²) >= 11 is 0. The van der Waals surface area contributed by atoms with E-state index in [1.165, 1.54) is 6.92 Å². The molecule has 0 saturated carbocycles. The molecule has 2 N–H and O–H groups in total. The van der Waals surface area contributed by atoms with Gasteiger partial charge in [-0.25, -0.2) is 4.79 Å². The lowest BCUT2D eigenvalue weighted by Gasteiger charge is -2.12. The van der Waals surface area contributed by atoms with Gasteiger partial charge >= 0.3 is 11.9 Å². The maximum Gasteiger partial charge on any atom is 0.332 e. The van der Waals surface area contributed by atoms with Gasteiger partial charge in [0.05, 0.1) is 11.5 Å². The Balaban J connectivity index is 3.30. The van der Waals surface area contributed by atoms with Gasteiger partial charge in [0.25, 0.3) is 0 Å². The van der Waals surface area contributed by atoms with Crippen molar-refractivity contribution < 1.29 is 19.8 Å². The minimum atomic E-state index is -1.19. The fourth-order valence-corrected chi connectivity index (χ4v) is 1.64. The molecule has 0 heterocycles. The van der Waals surface area contributed by atoms with Crippen molar-refractivity contribution in [1.29, 1.82) is 0 Å². The third kappa shape index (κ3) is 2.93. The predicted octanol–water partition coefficient (Wildman–Crippen LogP) is 2.27. The van der Waals surface area contributed by atoms with Crippen molar-refractivity contribution in [2.24, 2.45) is 5.92 Å². The van der Waals surface area contributed by atoms with E-state index in [0.29, 0.717) is 5.57 Å². The zero-order valence-corrected chi connectivity index (χ0v) is 9.68. The average molecular weight is 234 g/mol. The molecule has 4 heteroatoms. The second kappa shape index (κ2) is 5.30. The maximum absolute atomic E-state index is 11.1. The van der Waals surface area contributed by atoms with Crippen LogP contribution in [0.2, 0.25) is 0 Å². The lowest BCUT2D eigenvalue weighted by atomic mass is 9.92. The molecule has 0 aliphatic heterocycles. The highest BCUT2D eigenvalue weighted by Gasteiger charge is 2.25. The molecule has 1 aromatic carbocycles. The Kier molecular flexibility index (Phi) is 4.04. The molecule has 0 aliphatic carbocycles. The minimum absolute atomic E-state index is 0.0799. The topological polar surface area (TPSA) is 74.6 Å². The summed E-state index contributed by atoms with van der Waals surface area (Å²) in [5.41, 5.74) is 1.12. The van der Waals surface area contributed by atoms with Crippen LogP contribution < -0.4 is 0 Å². The third-order valence-electron chi connectivity index (χ3n) is 2.64. The summed E-state index contributed by atoms with van der Waals surface area (Å²) in [6.07, 6.45) is 0. The Hall–Kier alpha value is -2.10. The number of hydrogen-bond acceptors (Lipinski definition) is 2. The lowest BCUT2D eigenvalue weighted by molar-refractivity contribution is -0.143. The molecule has 0 amide bonds. The molecule has 0 aromatic heterocycles. The second-order valence-electron chi connectivity index (χ2n) is 3.77. The summed E-state index contributed by atoms with van der Waals surface area (Å²) in [5.74, 6) is -3.37. The van der Waals surface area contributed by atoms with Gasteiger partial charge < -0.3 is 10.2 Å². The quantitative estimate of drug-likeness (QED) is 0.783. The molecule has 1 unspecified atom stereocenters. The largest absolute Gasteiger partial charge is 0.481 e. The SMILES string of the molecule is C/C(=C(/C(=O)O)C(C)C(=O)O)c1ccccc1. The van der Waals surface area contributed by atoms with Crippen LogP contribution in [0.1, 0.15) is 19.4 Å². The molecule has 90 valence electrons. The Bertz CT molecular complexity index is 460. The first-order valence-corrected chi connectivity index (χ1v) is 5.17. The first kappa shape index (κ1) is 13.0. The molecule has 0 fully saturated rings. The molecule has 0 spiro atoms. The molecular weight excluding hydrogens is 220 g/mol. The van der Waals surface area contributed by atoms with E-state index in [2.05, 4.69) is 0 Å². The standard InChI is InChI=1S/C13H14O4/c1-8(10-6-4-3-5-7-10)11(13(16)17)9(2)12(14)15/h3-7,9H,1-2H3,(H,14,15)(H,16,17)/b11-8-. The summed E-state index contributed by atoms with van der Waals surface area (Å²) < 4.78 is 0. The van der Waals surface area contributed by atoms with Crippen LogP contribution in [0.5, 0.6) is 0 Å². The number of benzene rings is 1. The van der Waals surface area contributed by atoms with Gasteiger partial charge in [-0.3, -0.25) is 4.79 Å². The van der Waals surface area contributed by atoms with Crippen LogP contribution in [-0.4, -0.2) is 22.2 Å². The number of rotatable bonds is 4. The number of hydrogen-bond donors (Lipinski definition) is 2. The third-order valence-corrected chi connectivity index (χ3v) is 2.64. The molecule has 0 radical (unpaired) electrons. The Morgan fingerprint density at radius 3 is 2.06 bits per heavy atom. The van der Waals surface area contributed by atoms with Crippen molar-refractivity contribution in [2.75, 3.05) is 0 Å². The van der Waals surface area contributed by atoms with Gasteiger partial charge in [0.2, 0.25) is 0 Å². The average Bonchev–Trinajstić information content (AvgIpc) is 2.29. The van der Waals surface area contributed by atoms with Crippen LogP contribution in [0.15, 0.2) is 35.9 Å². The summed E-state index contributed by atoms with van der Waals surface area (Å²) in [7, 11) is 0. The summed E-state index contributed by atoms with van der Waals surface area (Å²) in [4.78, 5) is 22.0. The molecule has 1 atom stereocenters. The smallest absolute Gasteiger partial charge is 0.332 e. The molecule has 0 saturated heterocycles. The van der Waals surface area contributed by atoms with Crippen LogP contribution in [0, 0.1) is 5.92 Å². The molecule has 0 aliphatic rings. The number of carboxylic acid groups (broad SMARTS) is 2. The number of allylic oxidation sites excluding steroid dienone is 1. The normalized spacial score (nSPS) is 13.8. The molecule has 1 rings (SSSR count). The zero-order valence-electron chi connectivity index (χ0n) is 9.68. The van der Waals surface area contributed by atoms with E-state index < -0.39 is 17.9 Å². The van der Waals surface area contributed by atoms with Gasteiger partial charge in [-0.2, -0.15) is 0 Å². The van der Waals surface area contributed by atoms with E-state index in [-0.39, 0.29) is 5.57 Å². The van der Waals surface area contributed by atoms with Gasteiger partial charge in [-0.1, -0.05) is 30.3 Å². The van der Waals surface area contributed by atoms with Crippen molar-refractivity contribution in [3.05, 3.63) is 41.5 Å². The number of carboxylic acids is 2. The highest BCUT2D eigenvalue weighted by Crippen LogP contribution is 2.24. The van der Waals surface area contributed by atoms with Crippen LogP contribution >= 0.6 is 0 Å². The van der Waals surface area contributed by atoms with Crippen LogP contribution in [0.4, 0.5) is 0 Å². The molecule has 1 aromatic rings. The Labute approximate surface area is 99.2 Å². The van der Waals surface area contributed by atoms with Crippen LogP contribution in [0.3, 0.4) is 0 Å². The predicted molar refractivity (Wildman–Crippen MR) is 63.5 cm³/mol. The Morgan fingerprint density at radius 2 is 1.65 bits per heavy atom. The highest BCUT2D eigenvalue weighted by molar-refractivity contribution is 6.01. The lowest BCUT2D eigenvalue weighted by Crippen LogP contribution is -2.19. The van der Waals surface area contributed by atoms with Crippen LogP contribution in [-0.2, 0) is 9.59 Å². The molecule has 4 nitrogen and oxygen atoms in total. The van der Waals surface area contributed by atoms with Crippen molar-refractivity contribution in [3.8, 4) is 0 Å². The summed E-state index contributed by atoms with van der Waals surface area (Å²) in [6, 6.07) is 8.89. The van der Waals surface area contributed by atoms with E-state index in [1.807, 2.05) is 6.07 Å². The fourth-order valence-electron chi connectivity index (χ4n) is 1.64. The molecular formula is C13H14O4. The van der Waals surface area contributed by atoms with Crippen LogP contribution in [0.25, 0.3) is 5.57 Å². The first-order valence-electron chi connectivity index (χ1n) is 5.17. The number of carbonyl (C=O) groups is 2. The van der Waals surface area contributed by atoms with Crippen molar-refractivity contribution in [1.82, 2.24) is 0 Å². The highest BCUT2D eigenvalue weighted by atomic mass is 16.4. The summed E-state index contributed by atoms with van der Waals surface area (Å²) in [5, 5.41) is 18.0. The molecule has 0 bridgehead atoms. The van der Waals surface area contributed by atoms with Gasteiger partial charge in [-0.05, 0) is 25.0 Å². The van der Waals surface area contributed by atoms with E-state index in [4.69, 9.17) is 10.2 Å². The van der Waals surface area contributed by atoms with Gasteiger partial charge in [0.15, 0.2) is 0 Å².